The summed E-state index contributed by atoms with van der Waals surface area (Å²) in [6.45, 7) is 0.148. The molecule has 1 aliphatic heterocycles. The van der Waals surface area contributed by atoms with E-state index in [4.69, 9.17) is 4.74 Å². The molecule has 0 aliphatic carbocycles. The number of aliphatic hydroxyl groups excluding tert-OH is 1. The predicted octanol–water partition coefficient (Wildman–Crippen LogP) is 5.70. The lowest BCUT2D eigenvalue weighted by Gasteiger charge is -2.29. The Morgan fingerprint density at radius 3 is 1.82 bits per heavy atom. The molecule has 0 bridgehead atoms. The van der Waals surface area contributed by atoms with Crippen molar-refractivity contribution < 1.29 is 9.84 Å². The van der Waals surface area contributed by atoms with Crippen molar-refractivity contribution in [1.82, 2.24) is 0 Å². The third-order valence-electron chi connectivity index (χ3n) is 5.14. The van der Waals surface area contributed by atoms with E-state index in [1.54, 1.807) is 0 Å². The summed E-state index contributed by atoms with van der Waals surface area (Å²) < 4.78 is 6.67. The number of hydrogen-bond donors (Lipinski definition) is 1. The van der Waals surface area contributed by atoms with Crippen LogP contribution in [-0.4, -0.2) is 11.7 Å². The first-order chi connectivity index (χ1) is 13.8. The second kappa shape index (κ2) is 8.28. The highest BCUT2D eigenvalue weighted by atomic mass is 16.5. The summed E-state index contributed by atoms with van der Waals surface area (Å²) in [6, 6.07) is 31.0. The van der Waals surface area contributed by atoms with Crippen LogP contribution in [0.3, 0.4) is 0 Å². The van der Waals surface area contributed by atoms with Crippen LogP contribution in [0.4, 0.5) is 0 Å². The smallest absolute Gasteiger partial charge is 0.153 e. The number of hydrogen-bond acceptors (Lipinski definition) is 2. The van der Waals surface area contributed by atoms with E-state index in [1.165, 1.54) is 0 Å². The Morgan fingerprint density at radius 2 is 1.29 bits per heavy atom. The van der Waals surface area contributed by atoms with Gasteiger partial charge in [-0.2, -0.15) is 0 Å². The molecule has 2 heteroatoms. The molecule has 0 fully saturated rings. The Labute approximate surface area is 166 Å². The maximum atomic E-state index is 9.43. The molecule has 0 saturated heterocycles. The molecule has 1 N–H and O–H groups in total. The molecular weight excluding hydrogens is 344 g/mol. The quantitative estimate of drug-likeness (QED) is 0.605. The summed E-state index contributed by atoms with van der Waals surface area (Å²) in [5, 5.41) is 9.43. The van der Waals surface area contributed by atoms with Crippen molar-refractivity contribution in [3.05, 3.63) is 126 Å². The largest absolute Gasteiger partial charge is 0.478 e. The minimum Gasteiger partial charge on any atom is -0.478 e. The van der Waals surface area contributed by atoms with E-state index < -0.39 is 5.60 Å². The van der Waals surface area contributed by atoms with E-state index in [1.807, 2.05) is 54.6 Å². The van der Waals surface area contributed by atoms with Gasteiger partial charge in [-0.25, -0.2) is 0 Å². The highest BCUT2D eigenvalue weighted by molar-refractivity contribution is 5.83. The van der Waals surface area contributed by atoms with Gasteiger partial charge in [0.1, 0.15) is 5.76 Å². The van der Waals surface area contributed by atoms with Gasteiger partial charge in [0.05, 0.1) is 0 Å². The highest BCUT2D eigenvalue weighted by Gasteiger charge is 2.36. The highest BCUT2D eigenvalue weighted by Crippen LogP contribution is 2.43. The molecule has 0 radical (unpaired) electrons. The van der Waals surface area contributed by atoms with Crippen molar-refractivity contribution in [3.63, 3.8) is 0 Å². The molecule has 1 unspecified atom stereocenters. The van der Waals surface area contributed by atoms with E-state index in [0.717, 1.165) is 34.4 Å². The van der Waals surface area contributed by atoms with Gasteiger partial charge in [-0.05, 0) is 41.7 Å². The molecule has 3 aromatic carbocycles. The molecule has 0 amide bonds. The van der Waals surface area contributed by atoms with E-state index in [9.17, 15) is 5.11 Å². The van der Waals surface area contributed by atoms with Crippen molar-refractivity contribution >= 4 is 5.57 Å². The molecule has 2 nitrogen and oxygen atoms in total. The Hall–Kier alpha value is -3.10. The zero-order valence-corrected chi connectivity index (χ0v) is 15.8. The van der Waals surface area contributed by atoms with E-state index in [-0.39, 0.29) is 6.61 Å². The molecule has 1 aliphatic rings. The minimum absolute atomic E-state index is 0.148. The predicted molar refractivity (Wildman–Crippen MR) is 114 cm³/mol. The first-order valence-electron chi connectivity index (χ1n) is 9.72. The summed E-state index contributed by atoms with van der Waals surface area (Å²) in [5.41, 5.74) is 3.89. The van der Waals surface area contributed by atoms with E-state index >= 15 is 0 Å². The second-order valence-corrected chi connectivity index (χ2v) is 6.99. The van der Waals surface area contributed by atoms with Gasteiger partial charge in [0.25, 0.3) is 0 Å². The van der Waals surface area contributed by atoms with Crippen molar-refractivity contribution in [2.24, 2.45) is 0 Å². The molecule has 0 saturated carbocycles. The van der Waals surface area contributed by atoms with Gasteiger partial charge in [0.15, 0.2) is 5.60 Å². The molecule has 4 rings (SSSR count). The Morgan fingerprint density at radius 1 is 0.750 bits per heavy atom. The van der Waals surface area contributed by atoms with Gasteiger partial charge < -0.3 is 9.84 Å². The van der Waals surface area contributed by atoms with Crippen LogP contribution < -0.4 is 0 Å². The Balaban J connectivity index is 1.82. The number of aliphatic hydroxyl groups is 1. The lowest BCUT2D eigenvalue weighted by molar-refractivity contribution is 0.0504. The zero-order chi connectivity index (χ0) is 19.2. The van der Waals surface area contributed by atoms with Gasteiger partial charge in [-0.1, -0.05) is 91.0 Å². The molecule has 28 heavy (non-hydrogen) atoms. The van der Waals surface area contributed by atoms with E-state index in [2.05, 4.69) is 48.6 Å². The standard InChI is InChI=1S/C26H24O2/c27-20-10-18-26(23-15-8-3-9-16-23)19-17-24(28-26)25(21-11-4-1-5-12-21)22-13-6-2-7-14-22/h1-9,11-17,19,27H,10,18,20H2. The van der Waals surface area contributed by atoms with Crippen LogP contribution in [0.15, 0.2) is 109 Å². The molecular formula is C26H24O2. The topological polar surface area (TPSA) is 29.5 Å². The maximum Gasteiger partial charge on any atom is 0.153 e. The fourth-order valence-corrected chi connectivity index (χ4v) is 3.77. The molecule has 0 aromatic heterocycles. The van der Waals surface area contributed by atoms with Gasteiger partial charge in [-0.15, -0.1) is 0 Å². The Kier molecular flexibility index (Phi) is 5.41. The normalized spacial score (nSPS) is 18.1. The average Bonchev–Trinajstić information content (AvgIpc) is 3.20. The van der Waals surface area contributed by atoms with Gasteiger partial charge in [0, 0.05) is 12.2 Å². The van der Waals surface area contributed by atoms with Crippen LogP contribution >= 0.6 is 0 Å². The van der Waals surface area contributed by atoms with Gasteiger partial charge in [0.2, 0.25) is 0 Å². The third-order valence-corrected chi connectivity index (χ3v) is 5.14. The van der Waals surface area contributed by atoms with Crippen molar-refractivity contribution in [3.8, 4) is 0 Å². The van der Waals surface area contributed by atoms with Crippen LogP contribution in [0.5, 0.6) is 0 Å². The first kappa shape index (κ1) is 18.3. The number of rotatable bonds is 6. The van der Waals surface area contributed by atoms with Crippen LogP contribution in [0.2, 0.25) is 0 Å². The molecule has 1 atom stereocenters. The average molecular weight is 368 g/mol. The van der Waals surface area contributed by atoms with Crippen molar-refractivity contribution in [2.45, 2.75) is 18.4 Å². The fraction of sp³-hybridized carbons (Fsp3) is 0.154. The second-order valence-electron chi connectivity index (χ2n) is 6.99. The summed E-state index contributed by atoms with van der Waals surface area (Å²) in [5.74, 6) is 0.860. The summed E-state index contributed by atoms with van der Waals surface area (Å²) in [6.07, 6.45) is 5.63. The lowest BCUT2D eigenvalue weighted by atomic mass is 9.89. The molecule has 0 spiro atoms. The van der Waals surface area contributed by atoms with E-state index in [0.29, 0.717) is 6.42 Å². The van der Waals surface area contributed by atoms with Gasteiger partial charge in [-0.3, -0.25) is 0 Å². The minimum atomic E-state index is -0.547. The molecule has 140 valence electrons. The number of benzene rings is 3. The summed E-state index contributed by atoms with van der Waals surface area (Å²) in [7, 11) is 0. The molecule has 3 aromatic rings. The monoisotopic (exact) mass is 368 g/mol. The fourth-order valence-electron chi connectivity index (χ4n) is 3.77. The van der Waals surface area contributed by atoms with Crippen molar-refractivity contribution in [2.75, 3.05) is 6.61 Å². The summed E-state index contributed by atoms with van der Waals surface area (Å²) >= 11 is 0. The number of allylic oxidation sites excluding steroid dienone is 1. The summed E-state index contributed by atoms with van der Waals surface area (Å²) in [4.78, 5) is 0. The SMILES string of the molecule is OCCCC1(c2ccccc2)C=CC(=C(c2ccccc2)c2ccccc2)O1. The van der Waals surface area contributed by atoms with Crippen molar-refractivity contribution in [1.29, 1.82) is 0 Å². The van der Waals surface area contributed by atoms with Crippen LogP contribution in [0.1, 0.15) is 29.5 Å². The van der Waals surface area contributed by atoms with Crippen LogP contribution in [-0.2, 0) is 10.3 Å². The zero-order valence-electron chi connectivity index (χ0n) is 15.8. The third kappa shape index (κ3) is 3.64. The Bertz CT molecular complexity index is 918. The van der Waals surface area contributed by atoms with Crippen LogP contribution in [0, 0.1) is 0 Å². The number of ether oxygens (including phenoxy) is 1. The first-order valence-corrected chi connectivity index (χ1v) is 9.72. The molecule has 1 heterocycles. The lowest BCUT2D eigenvalue weighted by Crippen LogP contribution is -2.24. The van der Waals surface area contributed by atoms with Crippen LogP contribution in [0.25, 0.3) is 5.57 Å². The van der Waals surface area contributed by atoms with Gasteiger partial charge >= 0.3 is 0 Å². The maximum absolute atomic E-state index is 9.43.